The molecule has 0 amide bonds. The first-order valence-corrected chi connectivity index (χ1v) is 4.97. The van der Waals surface area contributed by atoms with Crippen LogP contribution in [0.2, 0.25) is 0 Å². The highest BCUT2D eigenvalue weighted by Gasteiger charge is 2.04. The molecule has 14 heavy (non-hydrogen) atoms. The van der Waals surface area contributed by atoms with Crippen LogP contribution in [0, 0.1) is 0 Å². The number of thiophene rings is 1. The van der Waals surface area contributed by atoms with E-state index < -0.39 is 0 Å². The molecule has 1 N–H and O–H groups in total. The maximum absolute atomic E-state index is 9.39. The number of fused-ring (bicyclic) bond motifs is 3. The quantitative estimate of drug-likeness (QED) is 0.609. The fraction of sp³-hybridized carbons (Fsp3) is 0. The molecule has 0 aliphatic carbocycles. The molecule has 4 heteroatoms. The first-order chi connectivity index (χ1) is 6.84. The Kier molecular flexibility index (Phi) is 1.46. The molecule has 0 bridgehead atoms. The molecule has 68 valence electrons. The first-order valence-electron chi connectivity index (χ1n) is 4.16. The lowest BCUT2D eigenvalue weighted by atomic mass is 10.2. The molecule has 3 aromatic rings. The fourth-order valence-electron chi connectivity index (χ4n) is 1.54. The number of hydrogen-bond donors (Lipinski definition) is 1. The molecule has 0 spiro atoms. The van der Waals surface area contributed by atoms with Gasteiger partial charge >= 0.3 is 0 Å². The Bertz CT molecular complexity index is 618. The minimum Gasteiger partial charge on any atom is -0.499 e. The van der Waals surface area contributed by atoms with Crippen LogP contribution < -0.4 is 0 Å². The van der Waals surface area contributed by atoms with Crippen LogP contribution in [0.4, 0.5) is 0 Å². The van der Waals surface area contributed by atoms with E-state index >= 15 is 0 Å². The molecule has 2 aromatic heterocycles. The highest BCUT2D eigenvalue weighted by atomic mass is 32.1. The third-order valence-corrected chi connectivity index (χ3v) is 3.14. The molecule has 0 aliphatic rings. The molecule has 3 nitrogen and oxygen atoms in total. The average Bonchev–Trinajstić information content (AvgIpc) is 2.59. The number of nitrogens with zero attached hydrogens (tertiary/aromatic N) is 2. The maximum Gasteiger partial charge on any atom is 0.172 e. The van der Waals surface area contributed by atoms with Gasteiger partial charge in [-0.3, -0.25) is 0 Å². The van der Waals surface area contributed by atoms with Crippen molar-refractivity contribution in [2.24, 2.45) is 0 Å². The SMILES string of the molecule is Oc1cc2ccc3ncncc3c2s1. The summed E-state index contributed by atoms with van der Waals surface area (Å²) >= 11 is 1.36. The van der Waals surface area contributed by atoms with E-state index in [0.717, 1.165) is 21.0 Å². The second kappa shape index (κ2) is 2.65. The number of rotatable bonds is 0. The maximum atomic E-state index is 9.39. The van der Waals surface area contributed by atoms with Crippen molar-refractivity contribution < 1.29 is 5.11 Å². The van der Waals surface area contributed by atoms with Gasteiger partial charge in [0.05, 0.1) is 5.52 Å². The predicted octanol–water partition coefficient (Wildman–Crippen LogP) is 2.55. The average molecular weight is 202 g/mol. The van der Waals surface area contributed by atoms with Gasteiger partial charge in [0, 0.05) is 16.3 Å². The molecule has 0 radical (unpaired) electrons. The second-order valence-corrected chi connectivity index (χ2v) is 4.05. The number of aromatic nitrogens is 2. The van der Waals surface area contributed by atoms with E-state index in [2.05, 4.69) is 9.97 Å². The Morgan fingerprint density at radius 1 is 1.29 bits per heavy atom. The predicted molar refractivity (Wildman–Crippen MR) is 56.6 cm³/mol. The fourth-order valence-corrected chi connectivity index (χ4v) is 2.45. The van der Waals surface area contributed by atoms with Crippen molar-refractivity contribution in [3.63, 3.8) is 0 Å². The summed E-state index contributed by atoms with van der Waals surface area (Å²) < 4.78 is 1.04. The molecule has 0 saturated heterocycles. The van der Waals surface area contributed by atoms with Gasteiger partial charge in [0.15, 0.2) is 5.06 Å². The summed E-state index contributed by atoms with van der Waals surface area (Å²) in [4.78, 5) is 8.14. The number of hydrogen-bond acceptors (Lipinski definition) is 4. The Hall–Kier alpha value is -1.68. The third kappa shape index (κ3) is 0.975. The van der Waals surface area contributed by atoms with Crippen LogP contribution in [-0.4, -0.2) is 15.1 Å². The molecule has 0 aliphatic heterocycles. The van der Waals surface area contributed by atoms with Gasteiger partial charge in [-0.1, -0.05) is 17.4 Å². The summed E-state index contributed by atoms with van der Waals surface area (Å²) in [5, 5.41) is 11.8. The van der Waals surface area contributed by atoms with Crippen LogP contribution in [0.15, 0.2) is 30.7 Å². The molecule has 0 saturated carbocycles. The molecule has 3 rings (SSSR count). The summed E-state index contributed by atoms with van der Waals surface area (Å²) in [6.07, 6.45) is 3.31. The smallest absolute Gasteiger partial charge is 0.172 e. The molecular weight excluding hydrogens is 196 g/mol. The highest BCUT2D eigenvalue weighted by Crippen LogP contribution is 2.34. The van der Waals surface area contributed by atoms with Gasteiger partial charge in [-0.25, -0.2) is 9.97 Å². The van der Waals surface area contributed by atoms with Gasteiger partial charge in [0.25, 0.3) is 0 Å². The van der Waals surface area contributed by atoms with Crippen molar-refractivity contribution in [3.05, 3.63) is 30.7 Å². The van der Waals surface area contributed by atoms with Crippen LogP contribution in [0.3, 0.4) is 0 Å². The summed E-state index contributed by atoms with van der Waals surface area (Å²) in [5.41, 5.74) is 0.911. The lowest BCUT2D eigenvalue weighted by Gasteiger charge is -1.95. The molecule has 0 unspecified atom stereocenters. The first kappa shape index (κ1) is 7.70. The molecule has 0 atom stereocenters. The van der Waals surface area contributed by atoms with E-state index in [-0.39, 0.29) is 0 Å². The summed E-state index contributed by atoms with van der Waals surface area (Å²) in [6.45, 7) is 0. The van der Waals surface area contributed by atoms with Gasteiger partial charge in [0.2, 0.25) is 0 Å². The second-order valence-electron chi connectivity index (χ2n) is 3.02. The summed E-state index contributed by atoms with van der Waals surface area (Å²) in [5.74, 6) is 0. The minimum absolute atomic E-state index is 0.330. The van der Waals surface area contributed by atoms with Crippen LogP contribution in [0.5, 0.6) is 5.06 Å². The summed E-state index contributed by atoms with van der Waals surface area (Å²) in [7, 11) is 0. The molecule has 1 aromatic carbocycles. The van der Waals surface area contributed by atoms with E-state index in [1.807, 2.05) is 12.1 Å². The lowest BCUT2D eigenvalue weighted by Crippen LogP contribution is -1.79. The van der Waals surface area contributed by atoms with E-state index in [4.69, 9.17) is 0 Å². The van der Waals surface area contributed by atoms with Gasteiger partial charge in [-0.2, -0.15) is 0 Å². The van der Waals surface area contributed by atoms with E-state index in [0.29, 0.717) is 5.06 Å². The van der Waals surface area contributed by atoms with Gasteiger partial charge < -0.3 is 5.11 Å². The Balaban J connectivity index is 2.60. The van der Waals surface area contributed by atoms with Crippen molar-refractivity contribution >= 4 is 32.3 Å². The van der Waals surface area contributed by atoms with Gasteiger partial charge in [0.1, 0.15) is 6.33 Å². The number of benzene rings is 1. The topological polar surface area (TPSA) is 46.0 Å². The molecule has 0 fully saturated rings. The summed E-state index contributed by atoms with van der Waals surface area (Å²) in [6, 6.07) is 5.65. The van der Waals surface area contributed by atoms with Gasteiger partial charge in [-0.15, -0.1) is 0 Å². The van der Waals surface area contributed by atoms with Gasteiger partial charge in [-0.05, 0) is 17.5 Å². The van der Waals surface area contributed by atoms with Crippen molar-refractivity contribution in [1.82, 2.24) is 9.97 Å². The molecule has 2 heterocycles. The van der Waals surface area contributed by atoms with Crippen molar-refractivity contribution in [2.75, 3.05) is 0 Å². The van der Waals surface area contributed by atoms with Crippen LogP contribution in [0.25, 0.3) is 21.0 Å². The highest BCUT2D eigenvalue weighted by molar-refractivity contribution is 7.21. The Labute approximate surface area is 83.7 Å². The molecular formula is C10H6N2OS. The third-order valence-electron chi connectivity index (χ3n) is 2.16. The van der Waals surface area contributed by atoms with E-state index in [9.17, 15) is 5.11 Å². The lowest BCUT2D eigenvalue weighted by molar-refractivity contribution is 0.491. The monoisotopic (exact) mass is 202 g/mol. The van der Waals surface area contributed by atoms with Crippen LogP contribution in [-0.2, 0) is 0 Å². The van der Waals surface area contributed by atoms with Crippen molar-refractivity contribution in [2.45, 2.75) is 0 Å². The zero-order valence-corrected chi connectivity index (χ0v) is 7.95. The normalized spacial score (nSPS) is 11.1. The van der Waals surface area contributed by atoms with Crippen LogP contribution in [0.1, 0.15) is 0 Å². The van der Waals surface area contributed by atoms with Crippen molar-refractivity contribution in [1.29, 1.82) is 0 Å². The minimum atomic E-state index is 0.330. The van der Waals surface area contributed by atoms with E-state index in [1.54, 1.807) is 12.3 Å². The number of aromatic hydroxyl groups is 1. The van der Waals surface area contributed by atoms with Crippen LogP contribution >= 0.6 is 11.3 Å². The Morgan fingerprint density at radius 2 is 2.21 bits per heavy atom. The zero-order valence-electron chi connectivity index (χ0n) is 7.14. The largest absolute Gasteiger partial charge is 0.499 e. The zero-order chi connectivity index (χ0) is 9.54. The standard InChI is InChI=1S/C10H6N2OS/c13-9-3-6-1-2-8-7(10(6)14-9)4-11-5-12-8/h1-5,13H. The van der Waals surface area contributed by atoms with E-state index in [1.165, 1.54) is 17.7 Å². The Morgan fingerprint density at radius 3 is 3.14 bits per heavy atom. The van der Waals surface area contributed by atoms with Crippen molar-refractivity contribution in [3.8, 4) is 5.06 Å².